The summed E-state index contributed by atoms with van der Waals surface area (Å²) in [5.41, 5.74) is 5.49. The number of hydrogen-bond acceptors (Lipinski definition) is 4. The molecule has 78 valence electrons. The van der Waals surface area contributed by atoms with Crippen molar-refractivity contribution in [1.29, 1.82) is 0 Å². The molecule has 0 saturated carbocycles. The quantitative estimate of drug-likeness (QED) is 0.661. The van der Waals surface area contributed by atoms with Gasteiger partial charge in [0.1, 0.15) is 0 Å². The predicted octanol–water partition coefficient (Wildman–Crippen LogP) is 0.0300. The van der Waals surface area contributed by atoms with Crippen LogP contribution >= 0.6 is 0 Å². The van der Waals surface area contributed by atoms with Crippen molar-refractivity contribution >= 4 is 0 Å². The fourth-order valence-corrected chi connectivity index (χ4v) is 1.41. The van der Waals surface area contributed by atoms with E-state index < -0.39 is 0 Å². The van der Waals surface area contributed by atoms with E-state index in [-0.39, 0.29) is 6.29 Å². The Morgan fingerprint density at radius 3 is 2.62 bits per heavy atom. The Morgan fingerprint density at radius 2 is 2.08 bits per heavy atom. The van der Waals surface area contributed by atoms with E-state index in [2.05, 4.69) is 11.8 Å². The Labute approximate surface area is 80.0 Å². The second kappa shape index (κ2) is 6.32. The maximum Gasteiger partial charge on any atom is 0.170 e. The average molecular weight is 188 g/mol. The molecule has 0 unspecified atom stereocenters. The Hall–Kier alpha value is -0.160. The first-order valence-electron chi connectivity index (χ1n) is 5.02. The van der Waals surface area contributed by atoms with Crippen molar-refractivity contribution in [2.45, 2.75) is 19.6 Å². The van der Waals surface area contributed by atoms with E-state index in [0.717, 1.165) is 39.3 Å². The molecule has 0 amide bonds. The molecule has 0 bridgehead atoms. The highest BCUT2D eigenvalue weighted by molar-refractivity contribution is 4.61. The van der Waals surface area contributed by atoms with Crippen molar-refractivity contribution in [3.63, 3.8) is 0 Å². The van der Waals surface area contributed by atoms with Gasteiger partial charge in [0, 0.05) is 19.6 Å². The molecule has 0 aromatic carbocycles. The van der Waals surface area contributed by atoms with Crippen LogP contribution in [0.3, 0.4) is 0 Å². The summed E-state index contributed by atoms with van der Waals surface area (Å²) in [6.45, 7) is 7.22. The van der Waals surface area contributed by atoms with Crippen LogP contribution in [0.2, 0.25) is 0 Å². The summed E-state index contributed by atoms with van der Waals surface area (Å²) in [5.74, 6) is 0. The highest BCUT2D eigenvalue weighted by Crippen LogP contribution is 2.06. The summed E-state index contributed by atoms with van der Waals surface area (Å²) < 4.78 is 10.9. The molecule has 1 heterocycles. The molecular formula is C9H20N2O2. The van der Waals surface area contributed by atoms with Crippen molar-refractivity contribution < 1.29 is 9.47 Å². The van der Waals surface area contributed by atoms with E-state index in [4.69, 9.17) is 15.2 Å². The summed E-state index contributed by atoms with van der Waals surface area (Å²) >= 11 is 0. The lowest BCUT2D eigenvalue weighted by atomic mass is 10.4. The molecule has 1 rings (SSSR count). The third kappa shape index (κ3) is 4.04. The molecule has 1 saturated heterocycles. The van der Waals surface area contributed by atoms with Crippen LogP contribution in [0.1, 0.15) is 13.3 Å². The van der Waals surface area contributed by atoms with Crippen LogP contribution in [0.5, 0.6) is 0 Å². The van der Waals surface area contributed by atoms with Gasteiger partial charge in [0.15, 0.2) is 6.29 Å². The molecule has 2 N–H and O–H groups in total. The lowest BCUT2D eigenvalue weighted by molar-refractivity contribution is -0.186. The first-order chi connectivity index (χ1) is 6.36. The number of likely N-dealkylation sites (N-methyl/N-ethyl adjacent to an activating group) is 1. The number of nitrogens with two attached hydrogens (primary N) is 1. The maximum atomic E-state index is 5.49. The van der Waals surface area contributed by atoms with E-state index in [1.807, 2.05) is 0 Å². The molecule has 1 fully saturated rings. The molecule has 1 aliphatic heterocycles. The van der Waals surface area contributed by atoms with Crippen LogP contribution in [0.4, 0.5) is 0 Å². The monoisotopic (exact) mass is 188 g/mol. The zero-order valence-corrected chi connectivity index (χ0v) is 8.37. The summed E-state index contributed by atoms with van der Waals surface area (Å²) in [5, 5.41) is 0. The molecule has 0 aromatic heterocycles. The van der Waals surface area contributed by atoms with Crippen LogP contribution in [-0.2, 0) is 9.47 Å². The number of nitrogens with zero attached hydrogens (tertiary/aromatic N) is 1. The second-order valence-electron chi connectivity index (χ2n) is 3.21. The highest BCUT2D eigenvalue weighted by atomic mass is 16.7. The van der Waals surface area contributed by atoms with E-state index in [1.54, 1.807) is 0 Å². The van der Waals surface area contributed by atoms with Crippen molar-refractivity contribution in [2.75, 3.05) is 39.4 Å². The topological polar surface area (TPSA) is 47.7 Å². The van der Waals surface area contributed by atoms with Gasteiger partial charge in [-0.05, 0) is 13.0 Å². The highest BCUT2D eigenvalue weighted by Gasteiger charge is 2.16. The zero-order valence-electron chi connectivity index (χ0n) is 8.37. The maximum absolute atomic E-state index is 5.49. The van der Waals surface area contributed by atoms with E-state index in [1.165, 1.54) is 0 Å². The average Bonchev–Trinajstić information content (AvgIpc) is 2.19. The van der Waals surface area contributed by atoms with Crippen molar-refractivity contribution in [3.05, 3.63) is 0 Å². The van der Waals surface area contributed by atoms with Crippen molar-refractivity contribution in [1.82, 2.24) is 4.90 Å². The lowest BCUT2D eigenvalue weighted by Crippen LogP contribution is -2.40. The number of ether oxygens (including phenoxy) is 2. The number of hydrogen-bond donors (Lipinski definition) is 1. The van der Waals surface area contributed by atoms with Crippen molar-refractivity contribution in [3.8, 4) is 0 Å². The Balaban J connectivity index is 2.18. The molecule has 4 heteroatoms. The van der Waals surface area contributed by atoms with Gasteiger partial charge >= 0.3 is 0 Å². The minimum atomic E-state index is -0.0414. The zero-order chi connectivity index (χ0) is 9.52. The third-order valence-electron chi connectivity index (χ3n) is 2.20. The molecule has 0 radical (unpaired) electrons. The summed E-state index contributed by atoms with van der Waals surface area (Å²) in [7, 11) is 0. The van der Waals surface area contributed by atoms with E-state index in [0.29, 0.717) is 6.54 Å². The Kier molecular flexibility index (Phi) is 5.31. The second-order valence-corrected chi connectivity index (χ2v) is 3.21. The molecule has 1 aliphatic rings. The molecule has 0 aromatic rings. The van der Waals surface area contributed by atoms with Crippen LogP contribution < -0.4 is 5.73 Å². The minimum Gasteiger partial charge on any atom is -0.351 e. The van der Waals surface area contributed by atoms with Crippen LogP contribution in [0.15, 0.2) is 0 Å². The molecule has 4 nitrogen and oxygen atoms in total. The van der Waals surface area contributed by atoms with Crippen molar-refractivity contribution in [2.24, 2.45) is 5.73 Å². The Morgan fingerprint density at radius 1 is 1.38 bits per heavy atom. The van der Waals surface area contributed by atoms with E-state index in [9.17, 15) is 0 Å². The lowest BCUT2D eigenvalue weighted by Gasteiger charge is -2.28. The smallest absolute Gasteiger partial charge is 0.170 e. The van der Waals surface area contributed by atoms with Gasteiger partial charge in [0.25, 0.3) is 0 Å². The third-order valence-corrected chi connectivity index (χ3v) is 2.20. The molecule has 0 spiro atoms. The summed E-state index contributed by atoms with van der Waals surface area (Å²) in [6.07, 6.45) is 0.972. The van der Waals surface area contributed by atoms with E-state index >= 15 is 0 Å². The van der Waals surface area contributed by atoms with Gasteiger partial charge in [-0.3, -0.25) is 4.90 Å². The Bertz CT molecular complexity index is 124. The number of rotatable bonds is 5. The van der Waals surface area contributed by atoms with Crippen LogP contribution in [-0.4, -0.2) is 50.6 Å². The fraction of sp³-hybridized carbons (Fsp3) is 1.00. The molecule has 13 heavy (non-hydrogen) atoms. The van der Waals surface area contributed by atoms with Crippen LogP contribution in [0, 0.1) is 0 Å². The van der Waals surface area contributed by atoms with Gasteiger partial charge in [-0.2, -0.15) is 0 Å². The van der Waals surface area contributed by atoms with Crippen LogP contribution in [0.25, 0.3) is 0 Å². The minimum absolute atomic E-state index is 0.0414. The summed E-state index contributed by atoms with van der Waals surface area (Å²) in [6, 6.07) is 0. The van der Waals surface area contributed by atoms with Gasteiger partial charge < -0.3 is 15.2 Å². The van der Waals surface area contributed by atoms with Gasteiger partial charge in [-0.15, -0.1) is 0 Å². The molecular weight excluding hydrogens is 168 g/mol. The molecule has 0 atom stereocenters. The fourth-order valence-electron chi connectivity index (χ4n) is 1.41. The van der Waals surface area contributed by atoms with Gasteiger partial charge in [0.2, 0.25) is 0 Å². The summed E-state index contributed by atoms with van der Waals surface area (Å²) in [4.78, 5) is 2.25. The van der Waals surface area contributed by atoms with Gasteiger partial charge in [0.05, 0.1) is 13.2 Å². The standard InChI is InChI=1S/C9H20N2O2/c1-2-11(5-4-10)8-9-12-6-3-7-13-9/h9H,2-8,10H2,1H3. The SMILES string of the molecule is CCN(CCN)CC1OCCCO1. The molecule has 0 aliphatic carbocycles. The van der Waals surface area contributed by atoms with Gasteiger partial charge in [-0.25, -0.2) is 0 Å². The predicted molar refractivity (Wildman–Crippen MR) is 51.5 cm³/mol. The first kappa shape index (κ1) is 10.9. The van der Waals surface area contributed by atoms with Gasteiger partial charge in [-0.1, -0.05) is 6.92 Å². The normalized spacial score (nSPS) is 19.6. The first-order valence-corrected chi connectivity index (χ1v) is 5.02. The largest absolute Gasteiger partial charge is 0.351 e.